The quantitative estimate of drug-likeness (QED) is 0.159. The van der Waals surface area contributed by atoms with Gasteiger partial charge in [-0.15, -0.1) is 0 Å². The van der Waals surface area contributed by atoms with Crippen molar-refractivity contribution in [2.45, 2.75) is 172 Å². The third kappa shape index (κ3) is 6.67. The van der Waals surface area contributed by atoms with Crippen molar-refractivity contribution in [1.82, 2.24) is 0 Å². The van der Waals surface area contributed by atoms with Crippen LogP contribution in [0.5, 0.6) is 0 Å². The average molecular weight is 1030 g/mol. The topological polar surface area (TPSA) is 9.72 Å². The lowest BCUT2D eigenvalue weighted by Crippen LogP contribution is -2.64. The normalized spacial score (nSPS) is 23.1. The third-order valence-corrected chi connectivity index (χ3v) is 22.3. The highest BCUT2D eigenvalue weighted by atomic mass is 15.3. The summed E-state index contributed by atoms with van der Waals surface area (Å²) in [5.74, 6) is 0. The number of hydrogen-bond acceptors (Lipinski definition) is 3. The number of rotatable bonds is 5. The van der Waals surface area contributed by atoms with E-state index in [0.717, 1.165) is 0 Å². The molecule has 8 aromatic carbocycles. The Hall–Kier alpha value is -6.78. The van der Waals surface area contributed by atoms with Gasteiger partial charge < -0.3 is 14.7 Å². The molecule has 15 rings (SSSR count). The maximum atomic E-state index is 2.89. The number of nitrogens with zero attached hydrogens (tertiary/aromatic N) is 3. The van der Waals surface area contributed by atoms with E-state index in [1.807, 2.05) is 0 Å². The molecule has 0 radical (unpaired) electrons. The van der Waals surface area contributed by atoms with E-state index >= 15 is 0 Å². The molecule has 79 heavy (non-hydrogen) atoms. The molecule has 2 unspecified atom stereocenters. The molecule has 2 atom stereocenters. The molecule has 4 aliphatic carbocycles. The highest BCUT2D eigenvalue weighted by Crippen LogP contribution is 2.63. The fourth-order valence-electron chi connectivity index (χ4n) is 17.2. The zero-order chi connectivity index (χ0) is 54.6. The second-order valence-electron chi connectivity index (χ2n) is 28.9. The number of fused-ring (bicyclic) bond motifs is 12. The Labute approximate surface area is 472 Å². The molecular weight excluding hydrogens is 954 g/mol. The molecular formula is C75H78BN3. The molecule has 0 spiro atoms. The van der Waals surface area contributed by atoms with Crippen molar-refractivity contribution in [2.75, 3.05) is 14.7 Å². The lowest BCUT2D eigenvalue weighted by atomic mass is 9.33. The van der Waals surface area contributed by atoms with Crippen molar-refractivity contribution in [3.63, 3.8) is 0 Å². The van der Waals surface area contributed by atoms with E-state index in [-0.39, 0.29) is 44.7 Å². The molecule has 0 N–H and O–H groups in total. The van der Waals surface area contributed by atoms with Crippen LogP contribution in [0.2, 0.25) is 0 Å². The average Bonchev–Trinajstić information content (AvgIpc) is 2.53. The van der Waals surface area contributed by atoms with Crippen molar-refractivity contribution in [2.24, 2.45) is 0 Å². The molecule has 3 heterocycles. The molecule has 7 aliphatic rings. The van der Waals surface area contributed by atoms with Crippen LogP contribution in [0.15, 0.2) is 158 Å². The number of hydrogen-bond donors (Lipinski definition) is 0. The molecule has 396 valence electrons. The predicted octanol–water partition coefficient (Wildman–Crippen LogP) is 18.2. The van der Waals surface area contributed by atoms with Crippen LogP contribution >= 0.6 is 0 Å². The van der Waals surface area contributed by atoms with Crippen LogP contribution in [0.25, 0.3) is 22.3 Å². The Morgan fingerprint density at radius 1 is 0.392 bits per heavy atom. The first-order valence-electron chi connectivity index (χ1n) is 30.1. The van der Waals surface area contributed by atoms with Gasteiger partial charge in [0.15, 0.2) is 0 Å². The first-order chi connectivity index (χ1) is 37.6. The molecule has 4 heteroatoms. The van der Waals surface area contributed by atoms with E-state index in [4.69, 9.17) is 0 Å². The van der Waals surface area contributed by atoms with E-state index in [1.165, 1.54) is 174 Å². The lowest BCUT2D eigenvalue weighted by molar-refractivity contribution is 0.195. The standard InChI is InChI=1S/C75H78BN3/c1-69(2)37-39-71(5,6)60-44-50(28-32-57(60)69)77(51-29-33-58-61(45-51)72(7,8)40-38-70(58,3)4)52-30-34-62-64(46-52)78(49-27-31-56-54(43-49)53-23-16-17-24-55(53)73(56,9)10)65-41-48(47-21-14-13-15-22-47)42-66-67(65)76(62)63-26-20-25-59-68(63)79(66)75(12)36-19-18-35-74(59,75)11/h13-17,20-34,41-46H,18-19,35-40H2,1-12H3. The van der Waals surface area contributed by atoms with Crippen molar-refractivity contribution in [3.05, 3.63) is 197 Å². The molecule has 0 amide bonds. The summed E-state index contributed by atoms with van der Waals surface area (Å²) in [5.41, 5.74) is 30.1. The van der Waals surface area contributed by atoms with Gasteiger partial charge in [0.2, 0.25) is 0 Å². The van der Waals surface area contributed by atoms with E-state index < -0.39 is 0 Å². The van der Waals surface area contributed by atoms with Gasteiger partial charge in [-0.05, 0) is 205 Å². The third-order valence-electron chi connectivity index (χ3n) is 22.3. The first-order valence-corrected chi connectivity index (χ1v) is 30.1. The highest BCUT2D eigenvalue weighted by Gasteiger charge is 2.61. The fourth-order valence-corrected chi connectivity index (χ4v) is 17.2. The van der Waals surface area contributed by atoms with Gasteiger partial charge in [0.1, 0.15) is 0 Å². The number of benzene rings is 8. The Morgan fingerprint density at radius 3 is 1.63 bits per heavy atom. The van der Waals surface area contributed by atoms with Gasteiger partial charge in [0, 0.05) is 56.3 Å². The summed E-state index contributed by atoms with van der Waals surface area (Å²) < 4.78 is 0. The smallest absolute Gasteiger partial charge is 0.252 e. The number of anilines is 8. The monoisotopic (exact) mass is 1030 g/mol. The van der Waals surface area contributed by atoms with Gasteiger partial charge in [-0.2, -0.15) is 0 Å². The summed E-state index contributed by atoms with van der Waals surface area (Å²) in [5, 5.41) is 0. The molecule has 0 saturated heterocycles. The zero-order valence-corrected chi connectivity index (χ0v) is 49.1. The maximum Gasteiger partial charge on any atom is 0.252 e. The molecule has 3 nitrogen and oxygen atoms in total. The van der Waals surface area contributed by atoms with E-state index in [0.29, 0.717) is 0 Å². The molecule has 0 bridgehead atoms. The first kappa shape index (κ1) is 49.3. The maximum absolute atomic E-state index is 2.89. The Morgan fingerprint density at radius 2 is 0.949 bits per heavy atom. The van der Waals surface area contributed by atoms with E-state index in [2.05, 4.69) is 256 Å². The van der Waals surface area contributed by atoms with Crippen molar-refractivity contribution >= 4 is 68.6 Å². The summed E-state index contributed by atoms with van der Waals surface area (Å²) in [4.78, 5) is 8.22. The van der Waals surface area contributed by atoms with E-state index in [9.17, 15) is 0 Å². The van der Waals surface area contributed by atoms with Gasteiger partial charge in [-0.1, -0.05) is 186 Å². The highest BCUT2D eigenvalue weighted by molar-refractivity contribution is 7.00. The van der Waals surface area contributed by atoms with Crippen LogP contribution in [-0.4, -0.2) is 12.3 Å². The second kappa shape index (κ2) is 16.2. The van der Waals surface area contributed by atoms with Gasteiger partial charge >= 0.3 is 0 Å². The van der Waals surface area contributed by atoms with Crippen LogP contribution in [0.4, 0.5) is 45.5 Å². The largest absolute Gasteiger partial charge is 0.335 e. The van der Waals surface area contributed by atoms with Crippen molar-refractivity contribution in [3.8, 4) is 22.3 Å². The van der Waals surface area contributed by atoms with Crippen LogP contribution in [-0.2, 0) is 32.5 Å². The van der Waals surface area contributed by atoms with Gasteiger partial charge in [0.25, 0.3) is 6.71 Å². The van der Waals surface area contributed by atoms with Crippen LogP contribution in [0.3, 0.4) is 0 Å². The lowest BCUT2D eigenvalue weighted by Gasteiger charge is -2.53. The molecule has 3 aliphatic heterocycles. The summed E-state index contributed by atoms with van der Waals surface area (Å²) in [6, 6.07) is 63.1. The molecule has 0 aromatic heterocycles. The SMILES string of the molecule is CC1(C)CCC(C)(C)c2cc(N(c3ccc4c(c3)N(c3ccc5c(c3)-c3ccccc3C5(C)C)c3cc(-c5ccccc5)cc5c3B4c3cccc4c3N5C3(C)CCCCC43C)c3ccc4c(c3)C(C)(C)CCC4(C)C)ccc21. The molecule has 1 saturated carbocycles. The predicted molar refractivity (Wildman–Crippen MR) is 337 cm³/mol. The van der Waals surface area contributed by atoms with Crippen molar-refractivity contribution < 1.29 is 0 Å². The van der Waals surface area contributed by atoms with E-state index in [1.54, 1.807) is 0 Å². The number of para-hydroxylation sites is 1. The minimum atomic E-state index is -0.105. The fraction of sp³-hybridized carbons (Fsp3) is 0.360. The van der Waals surface area contributed by atoms with Gasteiger partial charge in [-0.3, -0.25) is 0 Å². The van der Waals surface area contributed by atoms with Crippen LogP contribution in [0.1, 0.15) is 173 Å². The molecule has 8 aromatic rings. The van der Waals surface area contributed by atoms with Crippen LogP contribution < -0.4 is 31.1 Å². The zero-order valence-electron chi connectivity index (χ0n) is 49.1. The summed E-state index contributed by atoms with van der Waals surface area (Å²) >= 11 is 0. The minimum absolute atomic E-state index is 0.0179. The summed E-state index contributed by atoms with van der Waals surface area (Å²) in [7, 11) is 0. The minimum Gasteiger partial charge on any atom is -0.335 e. The van der Waals surface area contributed by atoms with Gasteiger partial charge in [0.05, 0.1) is 5.54 Å². The summed E-state index contributed by atoms with van der Waals surface area (Å²) in [6.07, 6.45) is 9.60. The summed E-state index contributed by atoms with van der Waals surface area (Å²) in [6.45, 7) is 29.8. The Bertz CT molecular complexity index is 3830. The Kier molecular flexibility index (Phi) is 10.1. The second-order valence-corrected chi connectivity index (χ2v) is 28.9. The Balaban J connectivity index is 1.03. The molecule has 1 fully saturated rings. The van der Waals surface area contributed by atoms with Gasteiger partial charge in [-0.25, -0.2) is 0 Å². The van der Waals surface area contributed by atoms with Crippen LogP contribution in [0, 0.1) is 0 Å². The van der Waals surface area contributed by atoms with Crippen molar-refractivity contribution in [1.29, 1.82) is 0 Å².